The third kappa shape index (κ3) is 3.84. The molecule has 1 fully saturated rings. The third-order valence-corrected chi connectivity index (χ3v) is 6.80. The van der Waals surface area contributed by atoms with Crippen molar-refractivity contribution in [3.63, 3.8) is 0 Å². The lowest BCUT2D eigenvalue weighted by Crippen LogP contribution is -2.55. The molecule has 2 aliphatic rings. The highest BCUT2D eigenvalue weighted by molar-refractivity contribution is 6.22. The van der Waals surface area contributed by atoms with Gasteiger partial charge in [-0.1, -0.05) is 12.1 Å². The Hall–Kier alpha value is -4.08. The van der Waals surface area contributed by atoms with Gasteiger partial charge in [-0.2, -0.15) is 0 Å². The Balaban J connectivity index is 1.28. The summed E-state index contributed by atoms with van der Waals surface area (Å²) in [5.74, 6) is 1.13. The largest absolute Gasteiger partial charge is 0.353 e. The molecule has 3 amide bonds. The van der Waals surface area contributed by atoms with Crippen molar-refractivity contribution in [1.82, 2.24) is 29.3 Å². The standard InChI is InChI=1S/C25H27N7O3/c1-15-16(2)31(14-26-15)22-13-21(27-18(4)28-22)29-9-11-30(12-10-29)23(33)17(3)32-24(34)19-7-5-6-8-20(19)25(32)35/h5-8,13-14,17H,9-12H2,1-4H3. The van der Waals surface area contributed by atoms with Crippen LogP contribution in [0.2, 0.25) is 0 Å². The van der Waals surface area contributed by atoms with Gasteiger partial charge in [-0.05, 0) is 39.8 Å². The molecule has 1 atom stereocenters. The van der Waals surface area contributed by atoms with Gasteiger partial charge in [-0.15, -0.1) is 0 Å². The number of fused-ring (bicyclic) bond motifs is 1. The minimum absolute atomic E-state index is 0.233. The third-order valence-electron chi connectivity index (χ3n) is 6.80. The number of benzene rings is 1. The normalized spacial score (nSPS) is 16.6. The number of anilines is 1. The van der Waals surface area contributed by atoms with Crippen molar-refractivity contribution < 1.29 is 14.4 Å². The summed E-state index contributed by atoms with van der Waals surface area (Å²) >= 11 is 0. The van der Waals surface area contributed by atoms with E-state index in [9.17, 15) is 14.4 Å². The molecule has 0 radical (unpaired) electrons. The number of rotatable bonds is 4. The molecule has 180 valence electrons. The number of nitrogens with zero attached hydrogens (tertiary/aromatic N) is 7. The first-order chi connectivity index (χ1) is 16.8. The summed E-state index contributed by atoms with van der Waals surface area (Å²) in [5, 5.41) is 0. The molecule has 1 saturated heterocycles. The van der Waals surface area contributed by atoms with Gasteiger partial charge in [-0.25, -0.2) is 15.0 Å². The van der Waals surface area contributed by atoms with Crippen LogP contribution in [0, 0.1) is 20.8 Å². The zero-order valence-electron chi connectivity index (χ0n) is 20.2. The zero-order chi connectivity index (χ0) is 24.9. The average molecular weight is 474 g/mol. The molecule has 1 aromatic carbocycles. The van der Waals surface area contributed by atoms with Crippen LogP contribution < -0.4 is 4.90 Å². The molecule has 35 heavy (non-hydrogen) atoms. The minimum atomic E-state index is -0.866. The first-order valence-electron chi connectivity index (χ1n) is 11.6. The van der Waals surface area contributed by atoms with Crippen LogP contribution in [0.5, 0.6) is 0 Å². The molecule has 0 saturated carbocycles. The van der Waals surface area contributed by atoms with Gasteiger partial charge in [0.05, 0.1) is 16.8 Å². The molecule has 10 heteroatoms. The quantitative estimate of drug-likeness (QED) is 0.533. The molecule has 10 nitrogen and oxygen atoms in total. The molecule has 0 bridgehead atoms. The second-order valence-electron chi connectivity index (χ2n) is 8.93. The van der Waals surface area contributed by atoms with E-state index in [1.165, 1.54) is 0 Å². The molecule has 2 aliphatic heterocycles. The van der Waals surface area contributed by atoms with Crippen molar-refractivity contribution in [2.45, 2.75) is 33.7 Å². The number of piperazine rings is 1. The molecule has 1 unspecified atom stereocenters. The monoisotopic (exact) mass is 473 g/mol. The van der Waals surface area contributed by atoms with Gasteiger partial charge in [0.1, 0.15) is 29.8 Å². The summed E-state index contributed by atoms with van der Waals surface area (Å²) in [6.45, 7) is 9.53. The SMILES string of the molecule is Cc1nc(N2CCN(C(=O)C(C)N3C(=O)c4ccccc4C3=O)CC2)cc(-n2cnc(C)c2C)n1. The van der Waals surface area contributed by atoms with Crippen LogP contribution in [-0.4, -0.2) is 79.3 Å². The van der Waals surface area contributed by atoms with Crippen LogP contribution >= 0.6 is 0 Å². The average Bonchev–Trinajstić information content (AvgIpc) is 3.33. The minimum Gasteiger partial charge on any atom is -0.353 e. The predicted octanol–water partition coefficient (Wildman–Crippen LogP) is 1.92. The Morgan fingerprint density at radius 3 is 2.09 bits per heavy atom. The van der Waals surface area contributed by atoms with Gasteiger partial charge in [0.25, 0.3) is 11.8 Å². The summed E-state index contributed by atoms with van der Waals surface area (Å²) in [7, 11) is 0. The van der Waals surface area contributed by atoms with Crippen LogP contribution in [0.15, 0.2) is 36.7 Å². The number of aryl methyl sites for hydroxylation is 2. The van der Waals surface area contributed by atoms with E-state index >= 15 is 0 Å². The zero-order valence-corrected chi connectivity index (χ0v) is 20.2. The summed E-state index contributed by atoms with van der Waals surface area (Å²) in [4.78, 5) is 57.2. The highest BCUT2D eigenvalue weighted by Gasteiger charge is 2.42. The Bertz CT molecular complexity index is 1310. The number of carbonyl (C=O) groups excluding carboxylic acids is 3. The number of imide groups is 1. The summed E-state index contributed by atoms with van der Waals surface area (Å²) in [6, 6.07) is 7.74. The van der Waals surface area contributed by atoms with Crippen molar-refractivity contribution in [2.75, 3.05) is 31.1 Å². The first kappa shape index (κ1) is 22.7. The van der Waals surface area contributed by atoms with Crippen LogP contribution in [0.3, 0.4) is 0 Å². The fraction of sp³-hybridized carbons (Fsp3) is 0.360. The van der Waals surface area contributed by atoms with Crippen molar-refractivity contribution in [3.8, 4) is 5.82 Å². The fourth-order valence-corrected chi connectivity index (χ4v) is 4.64. The van der Waals surface area contributed by atoms with Crippen LogP contribution in [0.4, 0.5) is 5.82 Å². The number of hydrogen-bond acceptors (Lipinski definition) is 7. The van der Waals surface area contributed by atoms with E-state index in [-0.39, 0.29) is 5.91 Å². The van der Waals surface area contributed by atoms with Crippen LogP contribution in [0.25, 0.3) is 5.82 Å². The molecule has 4 heterocycles. The number of aromatic nitrogens is 4. The number of amides is 3. The summed E-state index contributed by atoms with van der Waals surface area (Å²) < 4.78 is 1.94. The van der Waals surface area contributed by atoms with Gasteiger partial charge in [0.2, 0.25) is 5.91 Å². The maximum absolute atomic E-state index is 13.2. The van der Waals surface area contributed by atoms with Crippen LogP contribution in [-0.2, 0) is 4.79 Å². The van der Waals surface area contributed by atoms with Gasteiger partial charge in [0, 0.05) is 37.9 Å². The van der Waals surface area contributed by atoms with Gasteiger partial charge in [0.15, 0.2) is 0 Å². The van der Waals surface area contributed by atoms with E-state index in [2.05, 4.69) is 19.9 Å². The molecule has 2 aromatic heterocycles. The van der Waals surface area contributed by atoms with E-state index < -0.39 is 17.9 Å². The topological polar surface area (TPSA) is 105 Å². The van der Waals surface area contributed by atoms with Gasteiger partial charge < -0.3 is 9.80 Å². The molecule has 5 rings (SSSR count). The fourth-order valence-electron chi connectivity index (χ4n) is 4.64. The van der Waals surface area contributed by atoms with Gasteiger partial charge >= 0.3 is 0 Å². The Morgan fingerprint density at radius 1 is 0.914 bits per heavy atom. The second kappa shape index (κ2) is 8.61. The maximum Gasteiger partial charge on any atom is 0.262 e. The smallest absolute Gasteiger partial charge is 0.262 e. The molecule has 0 N–H and O–H groups in total. The van der Waals surface area contributed by atoms with E-state index in [0.29, 0.717) is 43.1 Å². The van der Waals surface area contributed by atoms with E-state index in [0.717, 1.165) is 27.9 Å². The molecular formula is C25H27N7O3. The molecule has 0 spiro atoms. The summed E-state index contributed by atoms with van der Waals surface area (Å²) in [5.41, 5.74) is 2.66. The highest BCUT2D eigenvalue weighted by atomic mass is 16.2. The van der Waals surface area contributed by atoms with E-state index in [1.54, 1.807) is 42.4 Å². The second-order valence-corrected chi connectivity index (χ2v) is 8.93. The molecular weight excluding hydrogens is 446 g/mol. The summed E-state index contributed by atoms with van der Waals surface area (Å²) in [6.07, 6.45) is 1.76. The van der Waals surface area contributed by atoms with Crippen molar-refractivity contribution >= 4 is 23.5 Å². The highest BCUT2D eigenvalue weighted by Crippen LogP contribution is 2.26. The Kier molecular flexibility index (Phi) is 5.58. The first-order valence-corrected chi connectivity index (χ1v) is 11.6. The number of carbonyl (C=O) groups is 3. The predicted molar refractivity (Wildman–Crippen MR) is 129 cm³/mol. The lowest BCUT2D eigenvalue weighted by Gasteiger charge is -2.37. The Labute approximate surface area is 203 Å². The van der Waals surface area contributed by atoms with Crippen molar-refractivity contribution in [2.24, 2.45) is 0 Å². The number of hydrogen-bond donors (Lipinski definition) is 0. The molecule has 0 aliphatic carbocycles. The van der Waals surface area contributed by atoms with Crippen LogP contribution in [0.1, 0.15) is 44.9 Å². The van der Waals surface area contributed by atoms with E-state index in [4.69, 9.17) is 0 Å². The van der Waals surface area contributed by atoms with Crippen molar-refractivity contribution in [3.05, 3.63) is 65.0 Å². The Morgan fingerprint density at radius 2 is 1.51 bits per heavy atom. The van der Waals surface area contributed by atoms with Crippen molar-refractivity contribution in [1.29, 1.82) is 0 Å². The maximum atomic E-state index is 13.2. The van der Waals surface area contributed by atoms with Gasteiger partial charge in [-0.3, -0.25) is 23.9 Å². The lowest BCUT2D eigenvalue weighted by atomic mass is 10.1. The molecule has 3 aromatic rings. The van der Waals surface area contributed by atoms with E-state index in [1.807, 2.05) is 31.4 Å². The number of imidazole rings is 1. The lowest BCUT2D eigenvalue weighted by molar-refractivity contribution is -0.135.